The average molecular weight is 376 g/mol. The van der Waals surface area contributed by atoms with Crippen LogP contribution in [0.25, 0.3) is 0 Å². The summed E-state index contributed by atoms with van der Waals surface area (Å²) in [7, 11) is 5.41. The van der Waals surface area contributed by atoms with Gasteiger partial charge < -0.3 is 19.9 Å². The van der Waals surface area contributed by atoms with Crippen molar-refractivity contribution < 1.29 is 14.3 Å². The van der Waals surface area contributed by atoms with Gasteiger partial charge in [0.2, 0.25) is 5.91 Å². The molecular weight excluding hydrogens is 342 g/mol. The zero-order valence-electron chi connectivity index (χ0n) is 17.5. The van der Waals surface area contributed by atoms with Crippen molar-refractivity contribution in [2.24, 2.45) is 5.41 Å². The van der Waals surface area contributed by atoms with Gasteiger partial charge in [-0.25, -0.2) is 0 Å². The van der Waals surface area contributed by atoms with Crippen LogP contribution in [0.15, 0.2) is 18.2 Å². The van der Waals surface area contributed by atoms with Crippen LogP contribution in [0.4, 0.5) is 5.69 Å². The quantitative estimate of drug-likeness (QED) is 0.777. The molecule has 1 aromatic carbocycles. The van der Waals surface area contributed by atoms with Gasteiger partial charge in [0.1, 0.15) is 12.4 Å². The molecule has 1 N–H and O–H groups in total. The first-order valence-electron chi connectivity index (χ1n) is 9.56. The molecule has 27 heavy (non-hydrogen) atoms. The SMILES string of the molecule is CN(C)C(=O)c1ccc2c(c1)N(C)[C@H](CC(=O)NCCCC(C)(C)C)CO2. The van der Waals surface area contributed by atoms with Gasteiger partial charge in [-0.2, -0.15) is 0 Å². The van der Waals surface area contributed by atoms with E-state index in [1.165, 1.54) is 0 Å². The lowest BCUT2D eigenvalue weighted by Gasteiger charge is -2.35. The molecule has 1 aromatic rings. The van der Waals surface area contributed by atoms with Crippen molar-refractivity contribution in [3.8, 4) is 5.75 Å². The zero-order valence-corrected chi connectivity index (χ0v) is 17.5. The first kappa shape index (κ1) is 21.1. The molecule has 0 saturated heterocycles. The van der Waals surface area contributed by atoms with Crippen molar-refractivity contribution in [3.63, 3.8) is 0 Å². The first-order chi connectivity index (χ1) is 12.6. The Morgan fingerprint density at radius 2 is 2.00 bits per heavy atom. The van der Waals surface area contributed by atoms with E-state index in [-0.39, 0.29) is 23.3 Å². The summed E-state index contributed by atoms with van der Waals surface area (Å²) in [6.07, 6.45) is 2.43. The van der Waals surface area contributed by atoms with Gasteiger partial charge in [0.05, 0.1) is 18.2 Å². The fraction of sp³-hybridized carbons (Fsp3) is 0.619. The molecule has 1 heterocycles. The predicted molar refractivity (Wildman–Crippen MR) is 108 cm³/mol. The number of rotatable bonds is 6. The summed E-state index contributed by atoms with van der Waals surface area (Å²) in [4.78, 5) is 28.1. The highest BCUT2D eigenvalue weighted by atomic mass is 16.5. The third kappa shape index (κ3) is 5.88. The van der Waals surface area contributed by atoms with Crippen molar-refractivity contribution in [2.75, 3.05) is 39.2 Å². The Balaban J connectivity index is 1.95. The third-order valence-corrected chi connectivity index (χ3v) is 4.82. The molecule has 1 aliphatic rings. The number of carbonyl (C=O) groups is 2. The minimum absolute atomic E-state index is 0.0355. The number of nitrogens with zero attached hydrogens (tertiary/aromatic N) is 2. The molecule has 6 heteroatoms. The molecule has 0 aromatic heterocycles. The molecule has 0 aliphatic carbocycles. The fourth-order valence-corrected chi connectivity index (χ4v) is 3.13. The molecule has 1 aliphatic heterocycles. The van der Waals surface area contributed by atoms with Crippen LogP contribution in [-0.2, 0) is 4.79 Å². The van der Waals surface area contributed by atoms with Gasteiger partial charge in [0, 0.05) is 33.3 Å². The molecule has 1 atom stereocenters. The summed E-state index contributed by atoms with van der Waals surface area (Å²) < 4.78 is 5.83. The summed E-state index contributed by atoms with van der Waals surface area (Å²) in [5.74, 6) is 0.730. The maximum absolute atomic E-state index is 12.3. The molecule has 0 spiro atoms. The Kier molecular flexibility index (Phi) is 6.73. The van der Waals surface area contributed by atoms with Crippen LogP contribution >= 0.6 is 0 Å². The second kappa shape index (κ2) is 8.63. The lowest BCUT2D eigenvalue weighted by atomic mass is 9.91. The van der Waals surface area contributed by atoms with Crippen LogP contribution < -0.4 is 15.0 Å². The number of ether oxygens (including phenoxy) is 1. The zero-order chi connectivity index (χ0) is 20.2. The van der Waals surface area contributed by atoms with E-state index >= 15 is 0 Å². The van der Waals surface area contributed by atoms with Gasteiger partial charge in [-0.05, 0) is 36.5 Å². The summed E-state index contributed by atoms with van der Waals surface area (Å²) >= 11 is 0. The standard InChI is InChI=1S/C21H33N3O3/c1-21(2,3)10-7-11-22-19(25)13-16-14-27-18-9-8-15(20(26)23(4)5)12-17(18)24(16)6/h8-9,12,16H,7,10-11,13-14H2,1-6H3,(H,22,25)/t16-/m1/s1. The highest BCUT2D eigenvalue weighted by Gasteiger charge is 2.27. The van der Waals surface area contributed by atoms with E-state index in [0.717, 1.165) is 24.3 Å². The lowest BCUT2D eigenvalue weighted by Crippen LogP contribution is -2.44. The topological polar surface area (TPSA) is 61.9 Å². The molecule has 150 valence electrons. The smallest absolute Gasteiger partial charge is 0.253 e. The minimum atomic E-state index is -0.0511. The molecule has 2 rings (SSSR count). The van der Waals surface area contributed by atoms with Crippen molar-refractivity contribution in [2.45, 2.75) is 46.1 Å². The first-order valence-corrected chi connectivity index (χ1v) is 9.56. The van der Waals surface area contributed by atoms with Crippen LogP contribution in [-0.4, -0.2) is 57.1 Å². The fourth-order valence-electron chi connectivity index (χ4n) is 3.13. The number of hydrogen-bond donors (Lipinski definition) is 1. The van der Waals surface area contributed by atoms with Crippen molar-refractivity contribution >= 4 is 17.5 Å². The Hall–Kier alpha value is -2.24. The van der Waals surface area contributed by atoms with E-state index in [4.69, 9.17) is 4.74 Å². The number of carbonyl (C=O) groups excluding carboxylic acids is 2. The normalized spacial score (nSPS) is 16.4. The van der Waals surface area contributed by atoms with Gasteiger partial charge in [-0.1, -0.05) is 20.8 Å². The van der Waals surface area contributed by atoms with Crippen LogP contribution in [0.2, 0.25) is 0 Å². The largest absolute Gasteiger partial charge is 0.489 e. The summed E-state index contributed by atoms with van der Waals surface area (Å²) in [6.45, 7) is 7.77. The molecule has 0 bridgehead atoms. The minimum Gasteiger partial charge on any atom is -0.489 e. The van der Waals surface area contributed by atoms with Crippen molar-refractivity contribution in [3.05, 3.63) is 23.8 Å². The van der Waals surface area contributed by atoms with Crippen LogP contribution in [0, 0.1) is 5.41 Å². The van der Waals surface area contributed by atoms with Crippen molar-refractivity contribution in [1.82, 2.24) is 10.2 Å². The Labute approximate surface area is 162 Å². The maximum atomic E-state index is 12.3. The van der Waals surface area contributed by atoms with E-state index in [2.05, 4.69) is 26.1 Å². The number of amides is 2. The number of hydrogen-bond acceptors (Lipinski definition) is 4. The van der Waals surface area contributed by atoms with Crippen molar-refractivity contribution in [1.29, 1.82) is 0 Å². The molecule has 0 unspecified atom stereocenters. The highest BCUT2D eigenvalue weighted by molar-refractivity contribution is 5.95. The van der Waals surface area contributed by atoms with Crippen LogP contribution in [0.1, 0.15) is 50.4 Å². The van der Waals surface area contributed by atoms with Gasteiger partial charge in [-0.15, -0.1) is 0 Å². The second-order valence-electron chi connectivity index (χ2n) is 8.68. The Morgan fingerprint density at radius 3 is 2.63 bits per heavy atom. The third-order valence-electron chi connectivity index (χ3n) is 4.82. The highest BCUT2D eigenvalue weighted by Crippen LogP contribution is 2.34. The summed E-state index contributed by atoms with van der Waals surface area (Å²) in [5.41, 5.74) is 1.74. The van der Waals surface area contributed by atoms with E-state index in [1.54, 1.807) is 25.1 Å². The second-order valence-corrected chi connectivity index (χ2v) is 8.68. The molecule has 0 fully saturated rings. The summed E-state index contributed by atoms with van der Waals surface area (Å²) in [6, 6.07) is 5.39. The number of likely N-dealkylation sites (N-methyl/N-ethyl adjacent to an activating group) is 1. The monoisotopic (exact) mass is 375 g/mol. The number of benzene rings is 1. The number of fused-ring (bicyclic) bond motifs is 1. The molecule has 0 radical (unpaired) electrons. The van der Waals surface area contributed by atoms with E-state index < -0.39 is 0 Å². The number of nitrogens with one attached hydrogen (secondary N) is 1. The lowest BCUT2D eigenvalue weighted by molar-refractivity contribution is -0.121. The Bertz CT molecular complexity index is 680. The molecule has 6 nitrogen and oxygen atoms in total. The molecule has 0 saturated carbocycles. The number of anilines is 1. The summed E-state index contributed by atoms with van der Waals surface area (Å²) in [5, 5.41) is 3.01. The van der Waals surface area contributed by atoms with Gasteiger partial charge >= 0.3 is 0 Å². The van der Waals surface area contributed by atoms with E-state index in [1.807, 2.05) is 24.1 Å². The van der Waals surface area contributed by atoms with Gasteiger partial charge in [-0.3, -0.25) is 9.59 Å². The Morgan fingerprint density at radius 1 is 1.30 bits per heavy atom. The predicted octanol–water partition coefficient (Wildman–Crippen LogP) is 2.92. The van der Waals surface area contributed by atoms with Crippen LogP contribution in [0.3, 0.4) is 0 Å². The van der Waals surface area contributed by atoms with Gasteiger partial charge in [0.25, 0.3) is 5.91 Å². The average Bonchev–Trinajstić information content (AvgIpc) is 2.59. The maximum Gasteiger partial charge on any atom is 0.253 e. The van der Waals surface area contributed by atoms with Gasteiger partial charge in [0.15, 0.2) is 0 Å². The van der Waals surface area contributed by atoms with E-state index in [0.29, 0.717) is 25.1 Å². The molecule has 2 amide bonds. The van der Waals surface area contributed by atoms with Crippen LogP contribution in [0.5, 0.6) is 5.75 Å². The molecular formula is C21H33N3O3. The van der Waals surface area contributed by atoms with E-state index in [9.17, 15) is 9.59 Å².